The predicted octanol–water partition coefficient (Wildman–Crippen LogP) is 2.79. The highest BCUT2D eigenvalue weighted by Crippen LogP contribution is 2.37. The van der Waals surface area contributed by atoms with Crippen molar-refractivity contribution < 1.29 is 23.4 Å². The van der Waals surface area contributed by atoms with Gasteiger partial charge in [0.1, 0.15) is 16.0 Å². The number of hydrogen-bond acceptors (Lipinski definition) is 5. The van der Waals surface area contributed by atoms with E-state index >= 15 is 0 Å². The summed E-state index contributed by atoms with van der Waals surface area (Å²) in [6.07, 6.45) is -1.95. The second-order valence-corrected chi connectivity index (χ2v) is 4.71. The smallest absolute Gasteiger partial charge is 0.342 e. The normalized spacial score (nSPS) is 12.9. The molecule has 1 aromatic carbocycles. The number of esters is 1. The first-order valence-corrected chi connectivity index (χ1v) is 6.73. The maximum Gasteiger partial charge on any atom is 0.342 e. The average molecular weight is 387 g/mol. The molecule has 0 fully saturated rings. The van der Waals surface area contributed by atoms with Gasteiger partial charge < -0.3 is 19.9 Å². The maximum absolute atomic E-state index is 13.9. The molecule has 0 aliphatic heterocycles. The molecular formula is C13H18BrClFNO4. The Morgan fingerprint density at radius 2 is 1.81 bits per heavy atom. The quantitative estimate of drug-likeness (QED) is 0.761. The summed E-state index contributed by atoms with van der Waals surface area (Å²) < 4.78 is 29.4. The van der Waals surface area contributed by atoms with Gasteiger partial charge in [-0.15, -0.1) is 12.4 Å². The summed E-state index contributed by atoms with van der Waals surface area (Å²) in [6.45, 7) is 1.70. The molecule has 0 bridgehead atoms. The SMILES string of the molecule is CCOC(=O)C(F)[C@H](N)c1cc(OC)c(Br)c(OC)c1.Cl. The van der Waals surface area contributed by atoms with E-state index in [1.54, 1.807) is 19.1 Å². The largest absolute Gasteiger partial charge is 0.495 e. The minimum atomic E-state index is -1.95. The number of hydrogen-bond donors (Lipinski definition) is 1. The van der Waals surface area contributed by atoms with Crippen molar-refractivity contribution in [1.82, 2.24) is 0 Å². The number of ether oxygens (including phenoxy) is 3. The van der Waals surface area contributed by atoms with Crippen molar-refractivity contribution >= 4 is 34.3 Å². The molecule has 8 heteroatoms. The highest BCUT2D eigenvalue weighted by Gasteiger charge is 2.29. The van der Waals surface area contributed by atoms with Gasteiger partial charge >= 0.3 is 5.97 Å². The summed E-state index contributed by atoms with van der Waals surface area (Å²) in [7, 11) is 2.93. The zero-order valence-electron chi connectivity index (χ0n) is 11.9. The van der Waals surface area contributed by atoms with Crippen LogP contribution in [-0.4, -0.2) is 33.0 Å². The summed E-state index contributed by atoms with van der Waals surface area (Å²) >= 11 is 3.30. The first kappa shape index (κ1) is 19.9. The Balaban J connectivity index is 0.00000400. The number of carbonyl (C=O) groups excluding carboxylic acids is 1. The molecule has 0 aliphatic carbocycles. The van der Waals surface area contributed by atoms with E-state index in [-0.39, 0.29) is 19.0 Å². The molecule has 0 saturated heterocycles. The summed E-state index contributed by atoms with van der Waals surface area (Å²) in [5, 5.41) is 0. The zero-order valence-corrected chi connectivity index (χ0v) is 14.3. The molecule has 0 heterocycles. The van der Waals surface area contributed by atoms with Gasteiger partial charge in [-0.25, -0.2) is 9.18 Å². The fourth-order valence-electron chi connectivity index (χ4n) is 1.62. The highest BCUT2D eigenvalue weighted by atomic mass is 79.9. The Hall–Kier alpha value is -1.05. The number of halogens is 3. The lowest BCUT2D eigenvalue weighted by Gasteiger charge is -2.18. The van der Waals surface area contributed by atoms with Gasteiger partial charge in [-0.1, -0.05) is 0 Å². The summed E-state index contributed by atoms with van der Waals surface area (Å²) in [5.41, 5.74) is 6.14. The van der Waals surface area contributed by atoms with Crippen LogP contribution in [0.2, 0.25) is 0 Å². The second kappa shape index (κ2) is 9.07. The molecule has 0 spiro atoms. The molecule has 0 aromatic heterocycles. The summed E-state index contributed by atoms with van der Waals surface area (Å²) in [6, 6.07) is 1.93. The van der Waals surface area contributed by atoms with Crippen LogP contribution in [0.1, 0.15) is 18.5 Å². The van der Waals surface area contributed by atoms with Crippen LogP contribution >= 0.6 is 28.3 Å². The number of methoxy groups -OCH3 is 2. The van der Waals surface area contributed by atoms with E-state index < -0.39 is 18.2 Å². The lowest BCUT2D eigenvalue weighted by Crippen LogP contribution is -2.31. The minimum absolute atomic E-state index is 0. The van der Waals surface area contributed by atoms with Crippen molar-refractivity contribution in [1.29, 1.82) is 0 Å². The molecule has 2 atom stereocenters. The van der Waals surface area contributed by atoms with E-state index in [1.165, 1.54) is 14.2 Å². The van der Waals surface area contributed by atoms with Gasteiger partial charge in [0.25, 0.3) is 0 Å². The molecule has 2 N–H and O–H groups in total. The predicted molar refractivity (Wildman–Crippen MR) is 83.0 cm³/mol. The van der Waals surface area contributed by atoms with Crippen LogP contribution in [0, 0.1) is 0 Å². The standard InChI is InChI=1S/C13H17BrFNO4.ClH/c1-4-20-13(17)11(15)12(16)7-5-8(18-2)10(14)9(6-7)19-3;/h5-6,11-12H,4,16H2,1-3H3;1H/t11?,12-;/m1./s1. The highest BCUT2D eigenvalue weighted by molar-refractivity contribution is 9.10. The Kier molecular flexibility index (Phi) is 8.61. The third-order valence-corrected chi connectivity index (χ3v) is 3.46. The number of nitrogens with two attached hydrogens (primary N) is 1. The number of rotatable bonds is 6. The number of carbonyl (C=O) groups is 1. The molecule has 21 heavy (non-hydrogen) atoms. The van der Waals surface area contributed by atoms with Gasteiger partial charge in [0.2, 0.25) is 6.17 Å². The Morgan fingerprint density at radius 3 is 2.19 bits per heavy atom. The lowest BCUT2D eigenvalue weighted by atomic mass is 10.0. The monoisotopic (exact) mass is 385 g/mol. The fourth-order valence-corrected chi connectivity index (χ4v) is 2.17. The van der Waals surface area contributed by atoms with Crippen molar-refractivity contribution in [2.24, 2.45) is 5.73 Å². The van der Waals surface area contributed by atoms with Crippen LogP contribution in [0.15, 0.2) is 16.6 Å². The van der Waals surface area contributed by atoms with E-state index in [4.69, 9.17) is 15.2 Å². The minimum Gasteiger partial charge on any atom is -0.495 e. The van der Waals surface area contributed by atoms with E-state index in [1.807, 2.05) is 0 Å². The molecule has 1 aromatic rings. The Bertz CT molecular complexity index is 464. The van der Waals surface area contributed by atoms with Crippen molar-refractivity contribution in [3.63, 3.8) is 0 Å². The third-order valence-electron chi connectivity index (χ3n) is 2.68. The molecule has 0 radical (unpaired) electrons. The second-order valence-electron chi connectivity index (χ2n) is 3.92. The van der Waals surface area contributed by atoms with Gasteiger partial charge in [-0.3, -0.25) is 0 Å². The van der Waals surface area contributed by atoms with Gasteiger partial charge in [0, 0.05) is 0 Å². The van der Waals surface area contributed by atoms with E-state index in [2.05, 4.69) is 20.7 Å². The average Bonchev–Trinajstić information content (AvgIpc) is 2.46. The van der Waals surface area contributed by atoms with Crippen molar-refractivity contribution in [3.05, 3.63) is 22.2 Å². The summed E-state index contributed by atoms with van der Waals surface area (Å²) in [5.74, 6) is -0.113. The van der Waals surface area contributed by atoms with Crippen molar-refractivity contribution in [2.45, 2.75) is 19.1 Å². The van der Waals surface area contributed by atoms with Crippen LogP contribution in [0.5, 0.6) is 11.5 Å². The van der Waals surface area contributed by atoms with Crippen LogP contribution in [0.3, 0.4) is 0 Å². The molecule has 1 unspecified atom stereocenters. The zero-order chi connectivity index (χ0) is 15.3. The van der Waals surface area contributed by atoms with E-state index in [0.29, 0.717) is 21.5 Å². The Morgan fingerprint density at radius 1 is 1.33 bits per heavy atom. The number of alkyl halides is 1. The van der Waals surface area contributed by atoms with Crippen LogP contribution < -0.4 is 15.2 Å². The van der Waals surface area contributed by atoms with Crippen LogP contribution in [-0.2, 0) is 9.53 Å². The molecule has 0 aliphatic rings. The topological polar surface area (TPSA) is 70.8 Å². The van der Waals surface area contributed by atoms with Gasteiger partial charge in [-0.05, 0) is 40.5 Å². The molecular weight excluding hydrogens is 369 g/mol. The van der Waals surface area contributed by atoms with Gasteiger partial charge in [0.15, 0.2) is 0 Å². The van der Waals surface area contributed by atoms with Crippen molar-refractivity contribution in [2.75, 3.05) is 20.8 Å². The molecule has 5 nitrogen and oxygen atoms in total. The van der Waals surface area contributed by atoms with E-state index in [0.717, 1.165) is 0 Å². The Labute approximate surface area is 137 Å². The molecule has 0 saturated carbocycles. The van der Waals surface area contributed by atoms with Gasteiger partial charge in [0.05, 0.1) is 26.9 Å². The summed E-state index contributed by atoms with van der Waals surface area (Å²) in [4.78, 5) is 11.4. The van der Waals surface area contributed by atoms with Crippen molar-refractivity contribution in [3.8, 4) is 11.5 Å². The lowest BCUT2D eigenvalue weighted by molar-refractivity contribution is -0.149. The third kappa shape index (κ3) is 4.72. The van der Waals surface area contributed by atoms with Crippen LogP contribution in [0.4, 0.5) is 4.39 Å². The van der Waals surface area contributed by atoms with E-state index in [9.17, 15) is 9.18 Å². The first-order valence-electron chi connectivity index (χ1n) is 5.93. The molecule has 1 rings (SSSR count). The first-order chi connectivity index (χ1) is 9.46. The fraction of sp³-hybridized carbons (Fsp3) is 0.462. The number of benzene rings is 1. The molecule has 0 amide bonds. The van der Waals surface area contributed by atoms with Crippen LogP contribution in [0.25, 0.3) is 0 Å². The van der Waals surface area contributed by atoms with Gasteiger partial charge in [-0.2, -0.15) is 0 Å². The maximum atomic E-state index is 13.9. The molecule has 120 valence electrons.